The van der Waals surface area contributed by atoms with Crippen molar-refractivity contribution in [2.24, 2.45) is 0 Å². The van der Waals surface area contributed by atoms with E-state index in [0.29, 0.717) is 24.2 Å². The first-order valence-corrected chi connectivity index (χ1v) is 12.8. The summed E-state index contributed by atoms with van der Waals surface area (Å²) in [7, 11) is -3.83. The van der Waals surface area contributed by atoms with Crippen molar-refractivity contribution in [2.45, 2.75) is 30.8 Å². The summed E-state index contributed by atoms with van der Waals surface area (Å²) in [5, 5.41) is 2.06. The molecule has 6 nitrogen and oxygen atoms in total. The van der Waals surface area contributed by atoms with Gasteiger partial charge in [-0.25, -0.2) is 8.42 Å². The summed E-state index contributed by atoms with van der Waals surface area (Å²) in [6, 6.07) is 14.6. The van der Waals surface area contributed by atoms with Crippen molar-refractivity contribution < 1.29 is 31.1 Å². The van der Waals surface area contributed by atoms with E-state index in [1.807, 2.05) is 12.1 Å². The lowest BCUT2D eigenvalue weighted by Crippen LogP contribution is -2.35. The molecule has 0 saturated carbocycles. The number of hydrogen-bond acceptors (Lipinski definition) is 4. The summed E-state index contributed by atoms with van der Waals surface area (Å²) < 4.78 is 73.2. The van der Waals surface area contributed by atoms with Crippen molar-refractivity contribution in [1.82, 2.24) is 0 Å². The average Bonchev–Trinajstić information content (AvgIpc) is 2.83. The fraction of sp³-hybridized carbons (Fsp3) is 0.240. The first-order chi connectivity index (χ1) is 17.0. The number of fused-ring (bicyclic) bond motifs is 1. The minimum atomic E-state index is -4.71. The molecule has 3 aromatic rings. The molecule has 4 rings (SSSR count). The summed E-state index contributed by atoms with van der Waals surface area (Å²) >= 11 is 5.65. The van der Waals surface area contributed by atoms with Crippen LogP contribution in [-0.2, 0) is 27.4 Å². The van der Waals surface area contributed by atoms with E-state index in [0.717, 1.165) is 24.1 Å². The van der Waals surface area contributed by atoms with Crippen LogP contribution in [0, 0.1) is 6.92 Å². The molecule has 1 amide bonds. The highest BCUT2D eigenvalue weighted by atomic mass is 35.5. The lowest BCUT2D eigenvalue weighted by atomic mass is 10.0. The van der Waals surface area contributed by atoms with Crippen molar-refractivity contribution in [3.8, 4) is 5.75 Å². The number of rotatable bonds is 6. The van der Waals surface area contributed by atoms with Gasteiger partial charge in [-0.3, -0.25) is 9.10 Å². The Morgan fingerprint density at radius 3 is 2.58 bits per heavy atom. The molecular weight excluding hydrogens is 517 g/mol. The Kier molecular flexibility index (Phi) is 7.19. The molecule has 0 spiro atoms. The molecule has 11 heteroatoms. The molecule has 0 saturated heterocycles. The summed E-state index contributed by atoms with van der Waals surface area (Å²) in [6.07, 6.45) is -3.20. The Morgan fingerprint density at radius 2 is 1.86 bits per heavy atom. The number of aryl methyl sites for hydroxylation is 2. The lowest BCUT2D eigenvalue weighted by molar-refractivity contribution is -0.137. The third-order valence-corrected chi connectivity index (χ3v) is 7.77. The van der Waals surface area contributed by atoms with Crippen LogP contribution in [0.15, 0.2) is 65.6 Å². The number of sulfonamides is 1. The molecule has 1 N–H and O–H groups in total. The third kappa shape index (κ3) is 5.44. The Labute approximate surface area is 211 Å². The van der Waals surface area contributed by atoms with Crippen molar-refractivity contribution in [1.29, 1.82) is 0 Å². The maximum absolute atomic E-state index is 13.3. The molecule has 1 aliphatic heterocycles. The number of nitrogens with one attached hydrogen (secondary N) is 1. The van der Waals surface area contributed by atoms with Crippen LogP contribution in [0.1, 0.15) is 23.1 Å². The number of halogens is 4. The van der Waals surface area contributed by atoms with Gasteiger partial charge in [0.2, 0.25) is 0 Å². The van der Waals surface area contributed by atoms with Gasteiger partial charge in [-0.15, -0.1) is 0 Å². The van der Waals surface area contributed by atoms with Gasteiger partial charge >= 0.3 is 6.18 Å². The highest BCUT2D eigenvalue weighted by Crippen LogP contribution is 2.37. The molecule has 0 aromatic heterocycles. The Bertz CT molecular complexity index is 1410. The van der Waals surface area contributed by atoms with E-state index >= 15 is 0 Å². The first kappa shape index (κ1) is 25.8. The largest absolute Gasteiger partial charge is 0.483 e. The van der Waals surface area contributed by atoms with Crippen LogP contribution in [0.2, 0.25) is 5.02 Å². The van der Waals surface area contributed by atoms with Crippen LogP contribution in [0.4, 0.5) is 24.5 Å². The number of alkyl halides is 3. The SMILES string of the molecule is Cc1cc(S(=O)(=O)N2CCCc3ccccc32)ccc1OCC(=O)Nc1ccc(Cl)cc1C(F)(F)F. The number of amides is 1. The van der Waals surface area contributed by atoms with E-state index < -0.39 is 40.0 Å². The second-order valence-corrected chi connectivity index (χ2v) is 10.6. The van der Waals surface area contributed by atoms with Gasteiger partial charge in [-0.2, -0.15) is 13.2 Å². The fourth-order valence-corrected chi connectivity index (χ4v) is 5.81. The van der Waals surface area contributed by atoms with E-state index in [2.05, 4.69) is 5.32 Å². The number of ether oxygens (including phenoxy) is 1. The van der Waals surface area contributed by atoms with Gasteiger partial charge in [0.05, 0.1) is 21.8 Å². The van der Waals surface area contributed by atoms with Crippen LogP contribution in [0.3, 0.4) is 0 Å². The van der Waals surface area contributed by atoms with E-state index in [9.17, 15) is 26.4 Å². The topological polar surface area (TPSA) is 75.7 Å². The van der Waals surface area contributed by atoms with Gasteiger partial charge in [0, 0.05) is 11.6 Å². The molecular formula is C25H22ClF3N2O4S. The molecule has 1 heterocycles. The monoisotopic (exact) mass is 538 g/mol. The average molecular weight is 539 g/mol. The summed E-state index contributed by atoms with van der Waals surface area (Å²) in [6.45, 7) is 1.41. The second-order valence-electron chi connectivity index (χ2n) is 8.26. The second kappa shape index (κ2) is 10.0. The van der Waals surface area contributed by atoms with Crippen LogP contribution < -0.4 is 14.4 Å². The van der Waals surface area contributed by atoms with E-state index in [1.165, 1.54) is 28.6 Å². The van der Waals surface area contributed by atoms with Gasteiger partial charge in [0.1, 0.15) is 5.75 Å². The number of nitrogens with zero attached hydrogens (tertiary/aromatic N) is 1. The summed E-state index contributed by atoms with van der Waals surface area (Å²) in [4.78, 5) is 12.3. The predicted molar refractivity (Wildman–Crippen MR) is 131 cm³/mol. The van der Waals surface area contributed by atoms with Crippen LogP contribution in [0.25, 0.3) is 0 Å². The molecule has 190 valence electrons. The van der Waals surface area contributed by atoms with E-state index in [-0.39, 0.29) is 15.7 Å². The number of anilines is 2. The number of para-hydroxylation sites is 1. The summed E-state index contributed by atoms with van der Waals surface area (Å²) in [5.41, 5.74) is 0.550. The Morgan fingerprint density at radius 1 is 1.11 bits per heavy atom. The quantitative estimate of drug-likeness (QED) is 0.429. The zero-order valence-corrected chi connectivity index (χ0v) is 20.7. The van der Waals surface area contributed by atoms with E-state index in [4.69, 9.17) is 16.3 Å². The summed E-state index contributed by atoms with van der Waals surface area (Å²) in [5.74, 6) is -0.584. The zero-order valence-electron chi connectivity index (χ0n) is 19.1. The molecule has 0 fully saturated rings. The van der Waals surface area contributed by atoms with Crippen molar-refractivity contribution in [2.75, 3.05) is 22.8 Å². The van der Waals surface area contributed by atoms with Crippen molar-refractivity contribution >= 4 is 38.9 Å². The normalized spacial score (nSPS) is 13.8. The van der Waals surface area contributed by atoms with Gasteiger partial charge < -0.3 is 10.1 Å². The standard InChI is InChI=1S/C25H22ClF3N2O4S/c1-16-13-19(36(33,34)31-12-4-6-17-5-2-3-7-22(17)31)9-11-23(16)35-15-24(32)30-21-10-8-18(26)14-20(21)25(27,28)29/h2-3,5,7-11,13-14H,4,6,12,15H2,1H3,(H,30,32). The minimum absolute atomic E-state index is 0.0736. The lowest BCUT2D eigenvalue weighted by Gasteiger charge is -2.30. The molecule has 0 unspecified atom stereocenters. The number of benzene rings is 3. The number of hydrogen-bond donors (Lipinski definition) is 1. The zero-order chi connectivity index (χ0) is 26.1. The predicted octanol–water partition coefficient (Wildman–Crippen LogP) is 5.83. The highest BCUT2D eigenvalue weighted by molar-refractivity contribution is 7.92. The van der Waals surface area contributed by atoms with Gasteiger partial charge in [0.15, 0.2) is 6.61 Å². The maximum atomic E-state index is 13.3. The molecule has 1 aliphatic rings. The molecule has 3 aromatic carbocycles. The molecule has 36 heavy (non-hydrogen) atoms. The first-order valence-electron chi connectivity index (χ1n) is 11.0. The number of carbonyl (C=O) groups is 1. The Balaban J connectivity index is 1.47. The third-order valence-electron chi connectivity index (χ3n) is 5.72. The van der Waals surface area contributed by atoms with Gasteiger partial charge in [-0.1, -0.05) is 29.8 Å². The highest BCUT2D eigenvalue weighted by Gasteiger charge is 2.34. The number of carbonyl (C=O) groups excluding carboxylic acids is 1. The molecule has 0 radical (unpaired) electrons. The minimum Gasteiger partial charge on any atom is -0.483 e. The Hall–Kier alpha value is -3.24. The maximum Gasteiger partial charge on any atom is 0.418 e. The van der Waals surface area contributed by atoms with Crippen LogP contribution in [-0.4, -0.2) is 27.5 Å². The van der Waals surface area contributed by atoms with Crippen LogP contribution in [0.5, 0.6) is 5.75 Å². The smallest absolute Gasteiger partial charge is 0.418 e. The fourth-order valence-electron chi connectivity index (χ4n) is 4.01. The van der Waals surface area contributed by atoms with Crippen LogP contribution >= 0.6 is 11.6 Å². The van der Waals surface area contributed by atoms with Gasteiger partial charge in [-0.05, 0) is 73.4 Å². The molecule has 0 atom stereocenters. The van der Waals surface area contributed by atoms with Gasteiger partial charge in [0.25, 0.3) is 15.9 Å². The van der Waals surface area contributed by atoms with Crippen molar-refractivity contribution in [3.63, 3.8) is 0 Å². The van der Waals surface area contributed by atoms with E-state index in [1.54, 1.807) is 19.1 Å². The molecule has 0 bridgehead atoms. The van der Waals surface area contributed by atoms with Crippen molar-refractivity contribution in [3.05, 3.63) is 82.4 Å². The molecule has 0 aliphatic carbocycles.